The van der Waals surface area contributed by atoms with Crippen LogP contribution < -0.4 is 0 Å². The molecule has 0 aliphatic rings. The number of hydrogen-bond acceptors (Lipinski definition) is 2. The van der Waals surface area contributed by atoms with E-state index in [1.807, 2.05) is 0 Å². The van der Waals surface area contributed by atoms with Crippen molar-refractivity contribution in [1.82, 2.24) is 0 Å². The third kappa shape index (κ3) is 10.4. The smallest absolute Gasteiger partial charge is 0.330 e. The van der Waals surface area contributed by atoms with Gasteiger partial charge in [0.25, 0.3) is 0 Å². The Hall–Kier alpha value is -0.790. The Kier molecular flexibility index (Phi) is 12.1. The lowest BCUT2D eigenvalue weighted by Crippen LogP contribution is -2.15. The zero-order chi connectivity index (χ0) is 13.6. The normalized spacial score (nSPS) is 12.1. The third-order valence-electron chi connectivity index (χ3n) is 3.28. The summed E-state index contributed by atoms with van der Waals surface area (Å²) >= 11 is 0. The summed E-state index contributed by atoms with van der Waals surface area (Å²) in [5, 5.41) is 0. The lowest BCUT2D eigenvalue weighted by Gasteiger charge is -2.14. The Morgan fingerprint density at radius 3 is 2.11 bits per heavy atom. The second kappa shape index (κ2) is 12.7. The van der Waals surface area contributed by atoms with Crippen molar-refractivity contribution in [3.8, 4) is 0 Å². The minimum Gasteiger partial charge on any atom is -0.459 e. The molecule has 0 rings (SSSR count). The number of unbranched alkanes of at least 4 members (excludes halogenated alkanes) is 7. The van der Waals surface area contributed by atoms with Crippen molar-refractivity contribution >= 4 is 5.97 Å². The minimum atomic E-state index is -0.290. The van der Waals surface area contributed by atoms with Crippen LogP contribution in [0.25, 0.3) is 0 Å². The van der Waals surface area contributed by atoms with Gasteiger partial charge >= 0.3 is 5.97 Å². The number of carbonyl (C=O) groups is 1. The van der Waals surface area contributed by atoms with Gasteiger partial charge in [0.2, 0.25) is 0 Å². The lowest BCUT2D eigenvalue weighted by molar-refractivity contribution is -0.143. The zero-order valence-electron chi connectivity index (χ0n) is 12.2. The van der Waals surface area contributed by atoms with E-state index in [9.17, 15) is 4.79 Å². The summed E-state index contributed by atoms with van der Waals surface area (Å²) in [6.45, 7) is 7.73. The fraction of sp³-hybridized carbons (Fsp3) is 0.812. The number of hydrogen-bond donors (Lipinski definition) is 0. The zero-order valence-corrected chi connectivity index (χ0v) is 12.2. The Bertz CT molecular complexity index is 211. The molecule has 0 saturated carbocycles. The largest absolute Gasteiger partial charge is 0.459 e. The van der Waals surface area contributed by atoms with Gasteiger partial charge in [0.15, 0.2) is 0 Å². The molecule has 0 heterocycles. The maximum atomic E-state index is 11.1. The second-order valence-electron chi connectivity index (χ2n) is 4.93. The molecule has 0 spiro atoms. The van der Waals surface area contributed by atoms with Gasteiger partial charge in [-0.1, -0.05) is 65.4 Å². The Balaban J connectivity index is 3.39. The number of esters is 1. The van der Waals surface area contributed by atoms with Crippen molar-refractivity contribution in [3.05, 3.63) is 12.7 Å². The molecule has 1 unspecified atom stereocenters. The van der Waals surface area contributed by atoms with Crippen LogP contribution in [0.4, 0.5) is 0 Å². The van der Waals surface area contributed by atoms with Crippen molar-refractivity contribution in [3.63, 3.8) is 0 Å². The van der Waals surface area contributed by atoms with Crippen LogP contribution in [0, 0.1) is 0 Å². The summed E-state index contributed by atoms with van der Waals surface area (Å²) in [7, 11) is 0. The molecular formula is C16H30O2. The third-order valence-corrected chi connectivity index (χ3v) is 3.28. The summed E-state index contributed by atoms with van der Waals surface area (Å²) in [5.41, 5.74) is 0. The predicted octanol–water partition coefficient (Wildman–Crippen LogP) is 5.03. The van der Waals surface area contributed by atoms with Gasteiger partial charge in [-0.25, -0.2) is 4.79 Å². The van der Waals surface area contributed by atoms with Crippen LogP contribution in [0.1, 0.15) is 78.1 Å². The second-order valence-corrected chi connectivity index (χ2v) is 4.93. The van der Waals surface area contributed by atoms with E-state index in [0.29, 0.717) is 0 Å². The van der Waals surface area contributed by atoms with Crippen LogP contribution in [-0.2, 0) is 9.53 Å². The first-order chi connectivity index (χ1) is 8.74. The molecule has 0 saturated heterocycles. The Labute approximate surface area is 113 Å². The van der Waals surface area contributed by atoms with Crippen molar-refractivity contribution in [2.45, 2.75) is 84.2 Å². The molecule has 18 heavy (non-hydrogen) atoms. The fourth-order valence-corrected chi connectivity index (χ4v) is 2.06. The van der Waals surface area contributed by atoms with Gasteiger partial charge in [0, 0.05) is 6.08 Å². The lowest BCUT2D eigenvalue weighted by atomic mass is 10.0. The molecule has 0 aliphatic heterocycles. The molecule has 2 heteroatoms. The molecule has 0 aromatic rings. The summed E-state index contributed by atoms with van der Waals surface area (Å²) in [5.74, 6) is -0.290. The van der Waals surface area contributed by atoms with Crippen LogP contribution in [0.15, 0.2) is 12.7 Å². The highest BCUT2D eigenvalue weighted by atomic mass is 16.5. The first-order valence-electron chi connectivity index (χ1n) is 7.57. The number of rotatable bonds is 12. The van der Waals surface area contributed by atoms with Crippen LogP contribution >= 0.6 is 0 Å². The molecule has 0 amide bonds. The number of ether oxygens (including phenoxy) is 1. The topological polar surface area (TPSA) is 26.3 Å². The van der Waals surface area contributed by atoms with E-state index in [1.54, 1.807) is 0 Å². The van der Waals surface area contributed by atoms with Crippen LogP contribution in [0.5, 0.6) is 0 Å². The molecule has 0 radical (unpaired) electrons. The SMILES string of the molecule is C=CC(=O)OC(CC)CCCCCCCCCC. The van der Waals surface area contributed by atoms with Crippen molar-refractivity contribution in [2.24, 2.45) is 0 Å². The van der Waals surface area contributed by atoms with Gasteiger partial charge < -0.3 is 4.74 Å². The minimum absolute atomic E-state index is 0.0793. The quantitative estimate of drug-likeness (QED) is 0.277. The summed E-state index contributed by atoms with van der Waals surface area (Å²) in [4.78, 5) is 11.1. The van der Waals surface area contributed by atoms with E-state index < -0.39 is 0 Å². The van der Waals surface area contributed by atoms with Gasteiger partial charge in [-0.2, -0.15) is 0 Å². The summed E-state index contributed by atoms with van der Waals surface area (Å²) in [6, 6.07) is 0. The highest BCUT2D eigenvalue weighted by Crippen LogP contribution is 2.13. The monoisotopic (exact) mass is 254 g/mol. The van der Waals surface area contributed by atoms with E-state index in [4.69, 9.17) is 4.74 Å². The number of carbonyl (C=O) groups excluding carboxylic acids is 1. The van der Waals surface area contributed by atoms with Crippen molar-refractivity contribution in [2.75, 3.05) is 0 Å². The van der Waals surface area contributed by atoms with Crippen molar-refractivity contribution in [1.29, 1.82) is 0 Å². The summed E-state index contributed by atoms with van der Waals surface area (Å²) < 4.78 is 5.25. The van der Waals surface area contributed by atoms with E-state index in [2.05, 4.69) is 20.4 Å². The first-order valence-corrected chi connectivity index (χ1v) is 7.57. The molecular weight excluding hydrogens is 224 g/mol. The van der Waals surface area contributed by atoms with Crippen LogP contribution in [-0.4, -0.2) is 12.1 Å². The molecule has 2 nitrogen and oxygen atoms in total. The Morgan fingerprint density at radius 1 is 1.06 bits per heavy atom. The van der Waals surface area contributed by atoms with Gasteiger partial charge in [-0.05, 0) is 19.3 Å². The van der Waals surface area contributed by atoms with Gasteiger partial charge in [0.1, 0.15) is 6.10 Å². The maximum Gasteiger partial charge on any atom is 0.330 e. The van der Waals surface area contributed by atoms with Crippen molar-refractivity contribution < 1.29 is 9.53 Å². The van der Waals surface area contributed by atoms with Crippen LogP contribution in [0.2, 0.25) is 0 Å². The van der Waals surface area contributed by atoms with Crippen LogP contribution in [0.3, 0.4) is 0 Å². The van der Waals surface area contributed by atoms with Gasteiger partial charge in [-0.3, -0.25) is 0 Å². The molecule has 0 aromatic carbocycles. The average molecular weight is 254 g/mol. The molecule has 0 N–H and O–H groups in total. The predicted molar refractivity (Wildman–Crippen MR) is 77.6 cm³/mol. The molecule has 0 aromatic heterocycles. The molecule has 1 atom stereocenters. The molecule has 106 valence electrons. The van der Waals surface area contributed by atoms with Gasteiger partial charge in [0.05, 0.1) is 0 Å². The average Bonchev–Trinajstić information content (AvgIpc) is 2.40. The molecule has 0 bridgehead atoms. The van der Waals surface area contributed by atoms with Gasteiger partial charge in [-0.15, -0.1) is 0 Å². The Morgan fingerprint density at radius 2 is 1.61 bits per heavy atom. The van der Waals surface area contributed by atoms with E-state index in [1.165, 1.54) is 51.0 Å². The maximum absolute atomic E-state index is 11.1. The molecule has 0 aliphatic carbocycles. The highest BCUT2D eigenvalue weighted by Gasteiger charge is 2.09. The molecule has 0 fully saturated rings. The fourth-order valence-electron chi connectivity index (χ4n) is 2.06. The van der Waals surface area contributed by atoms with E-state index >= 15 is 0 Å². The van der Waals surface area contributed by atoms with E-state index in [-0.39, 0.29) is 12.1 Å². The summed E-state index contributed by atoms with van der Waals surface area (Å²) in [6.07, 6.45) is 13.7. The first kappa shape index (κ1) is 17.2. The standard InChI is InChI=1S/C16H30O2/c1-4-7-8-9-10-11-12-13-14-15(5-2)18-16(17)6-3/h6,15H,3-5,7-14H2,1-2H3. The highest BCUT2D eigenvalue weighted by molar-refractivity contribution is 5.81. The van der Waals surface area contributed by atoms with E-state index in [0.717, 1.165) is 19.3 Å².